The molecule has 2 atom stereocenters. The van der Waals surface area contributed by atoms with Crippen LogP contribution in [0.15, 0.2) is 10.7 Å². The second kappa shape index (κ2) is 5.65. The molecule has 3 N–H and O–H groups in total. The Morgan fingerprint density at radius 1 is 1.56 bits per heavy atom. The minimum absolute atomic E-state index is 0.132. The predicted octanol–water partition coefficient (Wildman–Crippen LogP) is 1.61. The fourth-order valence-corrected chi connectivity index (χ4v) is 1.14. The zero-order valence-corrected chi connectivity index (χ0v) is 9.99. The van der Waals surface area contributed by atoms with Gasteiger partial charge in [0, 0.05) is 6.04 Å². The van der Waals surface area contributed by atoms with Gasteiger partial charge in [-0.25, -0.2) is 4.98 Å². The number of nitrogens with one attached hydrogen (secondary N) is 1. The number of hydrogen-bond donors (Lipinski definition) is 2. The third-order valence-electron chi connectivity index (χ3n) is 2.50. The van der Waals surface area contributed by atoms with Crippen LogP contribution in [-0.2, 0) is 0 Å². The Morgan fingerprint density at radius 2 is 2.25 bits per heavy atom. The molecule has 2 unspecified atom stereocenters. The molecule has 0 saturated carbocycles. The van der Waals surface area contributed by atoms with Crippen molar-refractivity contribution in [3.8, 4) is 0 Å². The van der Waals surface area contributed by atoms with Gasteiger partial charge in [0.25, 0.3) is 5.91 Å². The first kappa shape index (κ1) is 12.7. The van der Waals surface area contributed by atoms with Crippen molar-refractivity contribution in [1.82, 2.24) is 10.3 Å². The van der Waals surface area contributed by atoms with E-state index in [-0.39, 0.29) is 18.0 Å². The number of aromatic nitrogens is 1. The summed E-state index contributed by atoms with van der Waals surface area (Å²) in [4.78, 5) is 15.7. The maximum Gasteiger partial charge on any atom is 0.273 e. The van der Waals surface area contributed by atoms with Crippen molar-refractivity contribution in [2.45, 2.75) is 45.7 Å². The lowest BCUT2D eigenvalue weighted by atomic mass is 10.2. The van der Waals surface area contributed by atoms with Gasteiger partial charge >= 0.3 is 0 Å². The topological polar surface area (TPSA) is 81.2 Å². The molecule has 0 aromatic carbocycles. The standard InChI is InChI=1S/C11H19N3O2/c1-4-7(3)13-10(15)9-6-16-11(14-9)8(12)5-2/h6-8H,4-5,12H2,1-3H3,(H,13,15). The molecule has 0 aliphatic heterocycles. The average molecular weight is 225 g/mol. The molecular weight excluding hydrogens is 206 g/mol. The maximum absolute atomic E-state index is 11.7. The van der Waals surface area contributed by atoms with E-state index >= 15 is 0 Å². The van der Waals surface area contributed by atoms with Gasteiger partial charge in [-0.05, 0) is 19.8 Å². The zero-order valence-electron chi connectivity index (χ0n) is 9.99. The van der Waals surface area contributed by atoms with E-state index in [4.69, 9.17) is 10.2 Å². The first-order valence-electron chi connectivity index (χ1n) is 5.60. The second-order valence-electron chi connectivity index (χ2n) is 3.87. The summed E-state index contributed by atoms with van der Waals surface area (Å²) in [5.74, 6) is 0.199. The molecular formula is C11H19N3O2. The molecule has 1 heterocycles. The fraction of sp³-hybridized carbons (Fsp3) is 0.636. The number of nitrogens with two attached hydrogens (primary N) is 1. The molecule has 5 nitrogen and oxygen atoms in total. The van der Waals surface area contributed by atoms with Gasteiger partial charge in [-0.2, -0.15) is 0 Å². The lowest BCUT2D eigenvalue weighted by molar-refractivity contribution is 0.0934. The van der Waals surface area contributed by atoms with Gasteiger partial charge in [-0.3, -0.25) is 4.79 Å². The number of carbonyl (C=O) groups is 1. The SMILES string of the molecule is CCC(C)NC(=O)c1coc(C(N)CC)n1. The van der Waals surface area contributed by atoms with E-state index in [2.05, 4.69) is 10.3 Å². The maximum atomic E-state index is 11.7. The molecule has 0 bridgehead atoms. The number of carbonyl (C=O) groups excluding carboxylic acids is 1. The van der Waals surface area contributed by atoms with Gasteiger partial charge in [0.2, 0.25) is 5.89 Å². The van der Waals surface area contributed by atoms with Crippen LogP contribution < -0.4 is 11.1 Å². The number of hydrogen-bond acceptors (Lipinski definition) is 4. The molecule has 16 heavy (non-hydrogen) atoms. The third kappa shape index (κ3) is 3.06. The quantitative estimate of drug-likeness (QED) is 0.797. The minimum Gasteiger partial charge on any atom is -0.446 e. The summed E-state index contributed by atoms with van der Waals surface area (Å²) < 4.78 is 5.16. The van der Waals surface area contributed by atoms with Crippen LogP contribution in [0.4, 0.5) is 0 Å². The van der Waals surface area contributed by atoms with Crippen molar-refractivity contribution in [3.05, 3.63) is 17.8 Å². The Labute approximate surface area is 95.4 Å². The highest BCUT2D eigenvalue weighted by atomic mass is 16.3. The molecule has 0 aliphatic rings. The van der Waals surface area contributed by atoms with E-state index in [1.807, 2.05) is 20.8 Å². The van der Waals surface area contributed by atoms with E-state index in [0.717, 1.165) is 12.8 Å². The summed E-state index contributed by atoms with van der Waals surface area (Å²) in [5, 5.41) is 2.81. The van der Waals surface area contributed by atoms with Crippen LogP contribution >= 0.6 is 0 Å². The van der Waals surface area contributed by atoms with Crippen LogP contribution in [-0.4, -0.2) is 16.9 Å². The Balaban J connectivity index is 2.67. The van der Waals surface area contributed by atoms with Crippen LogP contribution in [0, 0.1) is 0 Å². The largest absolute Gasteiger partial charge is 0.446 e. The van der Waals surface area contributed by atoms with E-state index in [1.165, 1.54) is 6.26 Å². The minimum atomic E-state index is -0.245. The van der Waals surface area contributed by atoms with E-state index < -0.39 is 0 Å². The van der Waals surface area contributed by atoms with Gasteiger partial charge < -0.3 is 15.5 Å². The highest BCUT2D eigenvalue weighted by Crippen LogP contribution is 2.12. The van der Waals surface area contributed by atoms with Gasteiger partial charge in [0.05, 0.1) is 6.04 Å². The Morgan fingerprint density at radius 3 is 2.81 bits per heavy atom. The molecule has 1 aromatic heterocycles. The van der Waals surface area contributed by atoms with Gasteiger partial charge in [-0.15, -0.1) is 0 Å². The van der Waals surface area contributed by atoms with Crippen LogP contribution in [0.3, 0.4) is 0 Å². The van der Waals surface area contributed by atoms with Crippen molar-refractivity contribution in [3.63, 3.8) is 0 Å². The monoisotopic (exact) mass is 225 g/mol. The molecule has 1 amide bonds. The Kier molecular flexibility index (Phi) is 4.49. The van der Waals surface area contributed by atoms with Crippen molar-refractivity contribution in [2.75, 3.05) is 0 Å². The van der Waals surface area contributed by atoms with Crippen molar-refractivity contribution in [2.24, 2.45) is 5.73 Å². The number of amides is 1. The highest BCUT2D eigenvalue weighted by molar-refractivity contribution is 5.92. The molecule has 0 radical (unpaired) electrons. The molecule has 1 aromatic rings. The summed E-state index contributed by atoms with van der Waals surface area (Å²) in [5.41, 5.74) is 6.04. The molecule has 1 rings (SSSR count). The van der Waals surface area contributed by atoms with Crippen LogP contribution in [0.25, 0.3) is 0 Å². The summed E-state index contributed by atoms with van der Waals surface area (Å²) in [7, 11) is 0. The van der Waals surface area contributed by atoms with Gasteiger partial charge in [0.15, 0.2) is 5.69 Å². The van der Waals surface area contributed by atoms with Crippen LogP contribution in [0.2, 0.25) is 0 Å². The summed E-state index contributed by atoms with van der Waals surface area (Å²) in [6, 6.07) is -0.113. The summed E-state index contributed by atoms with van der Waals surface area (Å²) in [6.45, 7) is 5.89. The second-order valence-corrected chi connectivity index (χ2v) is 3.87. The van der Waals surface area contributed by atoms with Gasteiger partial charge in [0.1, 0.15) is 6.26 Å². The molecule has 5 heteroatoms. The Bertz CT molecular complexity index is 349. The zero-order chi connectivity index (χ0) is 12.1. The number of rotatable bonds is 5. The predicted molar refractivity (Wildman–Crippen MR) is 60.9 cm³/mol. The van der Waals surface area contributed by atoms with Gasteiger partial charge in [-0.1, -0.05) is 13.8 Å². The summed E-state index contributed by atoms with van der Waals surface area (Å²) in [6.07, 6.45) is 2.96. The first-order valence-corrected chi connectivity index (χ1v) is 5.60. The first-order chi connectivity index (χ1) is 7.58. The molecule has 0 saturated heterocycles. The lowest BCUT2D eigenvalue weighted by Crippen LogP contribution is -2.32. The number of oxazole rings is 1. The van der Waals surface area contributed by atoms with Crippen molar-refractivity contribution in [1.29, 1.82) is 0 Å². The van der Waals surface area contributed by atoms with Crippen LogP contribution in [0.1, 0.15) is 56.0 Å². The normalized spacial score (nSPS) is 14.5. The van der Waals surface area contributed by atoms with E-state index in [9.17, 15) is 4.79 Å². The highest BCUT2D eigenvalue weighted by Gasteiger charge is 2.16. The van der Waals surface area contributed by atoms with E-state index in [0.29, 0.717) is 11.6 Å². The van der Waals surface area contributed by atoms with Crippen molar-refractivity contribution < 1.29 is 9.21 Å². The molecule has 90 valence electrons. The summed E-state index contributed by atoms with van der Waals surface area (Å²) >= 11 is 0. The lowest BCUT2D eigenvalue weighted by Gasteiger charge is -2.08. The average Bonchev–Trinajstić information content (AvgIpc) is 2.77. The van der Waals surface area contributed by atoms with E-state index in [1.54, 1.807) is 0 Å². The number of nitrogens with zero attached hydrogens (tertiary/aromatic N) is 1. The molecule has 0 aliphatic carbocycles. The third-order valence-corrected chi connectivity index (χ3v) is 2.50. The molecule has 0 fully saturated rings. The smallest absolute Gasteiger partial charge is 0.273 e. The molecule has 0 spiro atoms. The Hall–Kier alpha value is -1.36. The van der Waals surface area contributed by atoms with Crippen molar-refractivity contribution >= 4 is 5.91 Å². The van der Waals surface area contributed by atoms with Crippen LogP contribution in [0.5, 0.6) is 0 Å². The fourth-order valence-electron chi connectivity index (χ4n) is 1.14.